The van der Waals surface area contributed by atoms with Gasteiger partial charge in [-0.1, -0.05) is 0 Å². The first-order valence-electron chi connectivity index (χ1n) is 11.6. The lowest BCUT2D eigenvalue weighted by Gasteiger charge is -2.37. The van der Waals surface area contributed by atoms with Crippen LogP contribution in [-0.2, 0) is 4.74 Å². The second-order valence-corrected chi connectivity index (χ2v) is 9.25. The van der Waals surface area contributed by atoms with Crippen LogP contribution in [0.3, 0.4) is 0 Å². The van der Waals surface area contributed by atoms with Gasteiger partial charge in [-0.2, -0.15) is 9.61 Å². The van der Waals surface area contributed by atoms with E-state index in [0.717, 1.165) is 25.7 Å². The highest BCUT2D eigenvalue weighted by atomic mass is 19.1. The van der Waals surface area contributed by atoms with Crippen LogP contribution in [0.1, 0.15) is 55.4 Å². The number of methoxy groups -OCH3 is 1. The number of nitrogens with zero attached hydrogens (tertiary/aromatic N) is 4. The van der Waals surface area contributed by atoms with Crippen molar-refractivity contribution in [3.8, 4) is 0 Å². The van der Waals surface area contributed by atoms with E-state index in [0.29, 0.717) is 17.3 Å². The third-order valence-electron chi connectivity index (χ3n) is 6.81. The molecule has 5 rings (SSSR count). The molecule has 3 aromatic rings. The third-order valence-corrected chi connectivity index (χ3v) is 6.81. The van der Waals surface area contributed by atoms with E-state index in [9.17, 15) is 14.0 Å². The Hall–Kier alpha value is -3.73. The van der Waals surface area contributed by atoms with Gasteiger partial charge in [-0.05, 0) is 44.7 Å². The number of ether oxygens (including phenoxy) is 1. The quantitative estimate of drug-likeness (QED) is 0.473. The predicted molar refractivity (Wildman–Crippen MR) is 130 cm³/mol. The number of rotatable bonds is 7. The van der Waals surface area contributed by atoms with Crippen LogP contribution in [0.4, 0.5) is 21.7 Å². The van der Waals surface area contributed by atoms with Gasteiger partial charge in [0.15, 0.2) is 5.65 Å². The highest BCUT2D eigenvalue weighted by Crippen LogP contribution is 2.37. The number of halogens is 1. The van der Waals surface area contributed by atoms with Crippen LogP contribution in [0.5, 0.6) is 0 Å². The minimum Gasteiger partial charge on any atom is -0.378 e. The molecule has 3 heterocycles. The highest BCUT2D eigenvalue weighted by Gasteiger charge is 2.33. The molecule has 0 unspecified atom stereocenters. The van der Waals surface area contributed by atoms with E-state index in [1.165, 1.54) is 10.7 Å². The molecule has 2 aliphatic carbocycles. The fourth-order valence-electron chi connectivity index (χ4n) is 4.66. The molecule has 0 aliphatic heterocycles. The van der Waals surface area contributed by atoms with E-state index in [4.69, 9.17) is 4.74 Å². The third kappa shape index (κ3) is 4.39. The number of hydrogen-bond acceptors (Lipinski definition) is 7. The largest absolute Gasteiger partial charge is 0.378 e. The number of amides is 1. The van der Waals surface area contributed by atoms with Crippen molar-refractivity contribution in [3.63, 3.8) is 0 Å². The van der Waals surface area contributed by atoms with Gasteiger partial charge in [-0.15, -0.1) is 0 Å². The Kier molecular flexibility index (Phi) is 5.79. The van der Waals surface area contributed by atoms with Crippen molar-refractivity contribution in [2.75, 3.05) is 24.8 Å². The first-order valence-corrected chi connectivity index (χ1v) is 11.6. The molecule has 0 spiro atoms. The van der Waals surface area contributed by atoms with Crippen LogP contribution < -0.4 is 21.5 Å². The van der Waals surface area contributed by atoms with Gasteiger partial charge in [0, 0.05) is 38.9 Å². The second kappa shape index (κ2) is 8.81. The zero-order chi connectivity index (χ0) is 24.7. The molecule has 2 atom stereocenters. The fourth-order valence-corrected chi connectivity index (χ4v) is 4.66. The summed E-state index contributed by atoms with van der Waals surface area (Å²) in [7, 11) is 3.43. The number of pyridine rings is 1. The average molecular weight is 482 g/mol. The van der Waals surface area contributed by atoms with E-state index in [-0.39, 0.29) is 46.4 Å². The van der Waals surface area contributed by atoms with Crippen LogP contribution in [-0.4, -0.2) is 44.8 Å². The van der Waals surface area contributed by atoms with Gasteiger partial charge in [0.05, 0.1) is 17.5 Å². The topological polar surface area (TPSA) is 115 Å². The molecule has 3 aromatic heterocycles. The number of aromatic nitrogens is 4. The van der Waals surface area contributed by atoms with Crippen molar-refractivity contribution >= 4 is 28.9 Å². The van der Waals surface area contributed by atoms with Crippen LogP contribution in [0.15, 0.2) is 46.9 Å². The normalized spacial score (nSPS) is 21.8. The zero-order valence-corrected chi connectivity index (χ0v) is 19.9. The summed E-state index contributed by atoms with van der Waals surface area (Å²) in [6.07, 6.45) is 6.95. The number of nitrogens with one attached hydrogen (secondary N) is 3. The minimum absolute atomic E-state index is 0.0357. The Balaban J connectivity index is 1.46. The van der Waals surface area contributed by atoms with E-state index in [2.05, 4.69) is 33.0 Å². The molecule has 1 fully saturated rings. The number of carbonyl (C=O) groups excluding carboxylic acids is 1. The van der Waals surface area contributed by atoms with Crippen molar-refractivity contribution in [1.29, 1.82) is 0 Å². The van der Waals surface area contributed by atoms with E-state index in [1.807, 2.05) is 6.07 Å². The lowest BCUT2D eigenvalue weighted by atomic mass is 9.83. The number of anilines is 3. The Bertz CT molecular complexity index is 1400. The summed E-state index contributed by atoms with van der Waals surface area (Å²) in [6, 6.07) is 5.27. The summed E-state index contributed by atoms with van der Waals surface area (Å²) in [5.74, 6) is 0.112. The molecule has 3 N–H and O–H groups in total. The summed E-state index contributed by atoms with van der Waals surface area (Å²) in [4.78, 5) is 30.5. The number of hydrogen-bond donors (Lipinski definition) is 3. The molecule has 10 nitrogen and oxygen atoms in total. The lowest BCUT2D eigenvalue weighted by molar-refractivity contribution is -0.0375. The average Bonchev–Trinajstić information content (AvgIpc) is 3.36. The predicted octanol–water partition coefficient (Wildman–Crippen LogP) is 3.51. The van der Waals surface area contributed by atoms with Gasteiger partial charge in [-0.3, -0.25) is 9.59 Å². The van der Waals surface area contributed by atoms with Crippen LogP contribution in [0.25, 0.3) is 5.65 Å². The molecule has 0 radical (unpaired) electrons. The molecule has 2 aliphatic rings. The van der Waals surface area contributed by atoms with Gasteiger partial charge in [-0.25, -0.2) is 9.37 Å². The second-order valence-electron chi connectivity index (χ2n) is 9.25. The molecule has 11 heteroatoms. The fraction of sp³-hybridized carbons (Fsp3) is 0.417. The maximum atomic E-state index is 13.4. The van der Waals surface area contributed by atoms with Crippen LogP contribution in [0, 0.1) is 0 Å². The molecule has 1 amide bonds. The minimum atomic E-state index is -0.491. The molecule has 0 aromatic carbocycles. The van der Waals surface area contributed by atoms with Gasteiger partial charge in [0.25, 0.3) is 11.5 Å². The van der Waals surface area contributed by atoms with E-state index in [1.54, 1.807) is 37.1 Å². The molecule has 0 saturated heterocycles. The summed E-state index contributed by atoms with van der Waals surface area (Å²) in [6.45, 7) is 2.08. The summed E-state index contributed by atoms with van der Waals surface area (Å²) >= 11 is 0. The maximum absolute atomic E-state index is 13.4. The Morgan fingerprint density at radius 2 is 2.17 bits per heavy atom. The SMILES string of the molecule is CNc1cc(Nc2cccn([C@@H]3CCC[C@](C)(OC)C3)c2=O)nc2c(C(=O)NC3=C(F)C3)cnn12. The van der Waals surface area contributed by atoms with Gasteiger partial charge in [0.2, 0.25) is 0 Å². The maximum Gasteiger partial charge on any atom is 0.274 e. The Labute approximate surface area is 201 Å². The van der Waals surface area contributed by atoms with Crippen molar-refractivity contribution in [1.82, 2.24) is 24.5 Å². The first kappa shape index (κ1) is 23.0. The van der Waals surface area contributed by atoms with Crippen molar-refractivity contribution < 1.29 is 13.9 Å². The van der Waals surface area contributed by atoms with Crippen LogP contribution >= 0.6 is 0 Å². The number of carbonyl (C=O) groups is 1. The van der Waals surface area contributed by atoms with Gasteiger partial charge >= 0.3 is 0 Å². The Morgan fingerprint density at radius 3 is 2.89 bits per heavy atom. The molecular weight excluding hydrogens is 453 g/mol. The number of allylic oxidation sites excluding steroid dienone is 2. The lowest BCUT2D eigenvalue weighted by Crippen LogP contribution is -2.38. The summed E-state index contributed by atoms with van der Waals surface area (Å²) in [5, 5.41) is 12.9. The van der Waals surface area contributed by atoms with Crippen molar-refractivity contribution in [3.05, 3.63) is 58.0 Å². The Morgan fingerprint density at radius 1 is 1.37 bits per heavy atom. The molecule has 0 bridgehead atoms. The monoisotopic (exact) mass is 481 g/mol. The molecule has 35 heavy (non-hydrogen) atoms. The highest BCUT2D eigenvalue weighted by molar-refractivity contribution is 6.01. The van der Waals surface area contributed by atoms with E-state index >= 15 is 0 Å². The molecule has 1 saturated carbocycles. The summed E-state index contributed by atoms with van der Waals surface area (Å²) < 4.78 is 22.1. The summed E-state index contributed by atoms with van der Waals surface area (Å²) in [5.41, 5.74) is 0.703. The van der Waals surface area contributed by atoms with Crippen molar-refractivity contribution in [2.24, 2.45) is 0 Å². The smallest absolute Gasteiger partial charge is 0.274 e. The molecule has 184 valence electrons. The standard InChI is InChI=1S/C24H28FN7O3/c1-24(35-3)8-4-6-14(12-24)31-9-5-7-17(23(31)34)28-19-11-20(26-2)32-21(30-19)15(13-27-32)22(33)29-18-10-16(18)25/h5,7,9,11,13-14,26H,4,6,8,10,12H2,1-3H3,(H,28,30)(H,29,33)/t14-,24+/m1/s1. The number of fused-ring (bicyclic) bond motifs is 1. The van der Waals surface area contributed by atoms with Crippen LogP contribution in [0.2, 0.25) is 0 Å². The van der Waals surface area contributed by atoms with Crippen molar-refractivity contribution in [2.45, 2.75) is 50.7 Å². The molecular formula is C24H28FN7O3. The van der Waals surface area contributed by atoms with Gasteiger partial charge < -0.3 is 25.3 Å². The first-order chi connectivity index (χ1) is 16.8. The van der Waals surface area contributed by atoms with Gasteiger partial charge in [0.1, 0.15) is 28.7 Å². The zero-order valence-electron chi connectivity index (χ0n) is 19.9. The van der Waals surface area contributed by atoms with E-state index < -0.39 is 5.91 Å².